The number of aryl methyl sites for hydroxylation is 1. The Labute approximate surface area is 182 Å². The van der Waals surface area contributed by atoms with Crippen molar-refractivity contribution in [1.29, 1.82) is 0 Å². The monoisotopic (exact) mass is 458 g/mol. The molecule has 0 amide bonds. The summed E-state index contributed by atoms with van der Waals surface area (Å²) in [7, 11) is 0. The van der Waals surface area contributed by atoms with E-state index in [2.05, 4.69) is 9.97 Å². The minimum atomic E-state index is -1.27. The molecular weight excluding hydrogens is 437 g/mol. The van der Waals surface area contributed by atoms with Gasteiger partial charge in [-0.3, -0.25) is 9.78 Å². The van der Waals surface area contributed by atoms with Crippen LogP contribution in [0.4, 0.5) is 13.2 Å². The van der Waals surface area contributed by atoms with Gasteiger partial charge in [0.25, 0.3) is 0 Å². The number of hydrogen-bond acceptors (Lipinski definition) is 4. The smallest absolute Gasteiger partial charge is 0.307 e. The van der Waals surface area contributed by atoms with Crippen molar-refractivity contribution >= 4 is 39.9 Å². The highest BCUT2D eigenvalue weighted by atomic mass is 35.5. The maximum absolute atomic E-state index is 14.0. The fourth-order valence-corrected chi connectivity index (χ4v) is 4.46. The molecule has 0 aliphatic heterocycles. The lowest BCUT2D eigenvalue weighted by Crippen LogP contribution is -2.12. The van der Waals surface area contributed by atoms with Crippen molar-refractivity contribution in [2.75, 3.05) is 0 Å². The third kappa shape index (κ3) is 4.92. The van der Waals surface area contributed by atoms with Crippen LogP contribution < -0.4 is 0 Å². The van der Waals surface area contributed by atoms with Gasteiger partial charge in [-0.2, -0.15) is 0 Å². The number of halogens is 4. The van der Waals surface area contributed by atoms with Crippen LogP contribution in [-0.4, -0.2) is 21.0 Å². The van der Waals surface area contributed by atoms with Gasteiger partial charge in [-0.1, -0.05) is 26.7 Å². The van der Waals surface area contributed by atoms with Crippen LogP contribution in [0.1, 0.15) is 54.1 Å². The molecule has 162 valence electrons. The molecule has 2 heterocycles. The summed E-state index contributed by atoms with van der Waals surface area (Å²) >= 11 is 0.966. The molecule has 1 aromatic carbocycles. The molecule has 9 heteroatoms. The number of rotatable bonds is 8. The van der Waals surface area contributed by atoms with E-state index in [1.807, 2.05) is 13.8 Å². The maximum atomic E-state index is 14.0. The van der Waals surface area contributed by atoms with E-state index in [-0.39, 0.29) is 35.5 Å². The molecule has 0 spiro atoms. The number of carboxylic acids is 1. The number of benzene rings is 1. The predicted octanol–water partition coefficient (Wildman–Crippen LogP) is 5.65. The summed E-state index contributed by atoms with van der Waals surface area (Å²) in [5.41, 5.74) is 2.85. The zero-order valence-corrected chi connectivity index (χ0v) is 18.2. The minimum Gasteiger partial charge on any atom is -0.481 e. The average Bonchev–Trinajstić information content (AvgIpc) is 3.09. The third-order valence-corrected chi connectivity index (χ3v) is 5.76. The predicted molar refractivity (Wildman–Crippen MR) is 113 cm³/mol. The zero-order valence-electron chi connectivity index (χ0n) is 16.6. The SMILES string of the molecule is CCCc1ncc(Cc2nc3c(F)c(F)cc(F)c3s2)c(CCC)c1CC(=O)O.Cl. The summed E-state index contributed by atoms with van der Waals surface area (Å²) in [5, 5.41) is 9.78. The summed E-state index contributed by atoms with van der Waals surface area (Å²) in [5.74, 6) is -4.22. The molecule has 0 fully saturated rings. The molecular formula is C21H22ClF3N2O2S. The van der Waals surface area contributed by atoms with Gasteiger partial charge in [0.15, 0.2) is 11.6 Å². The standard InChI is InChI=1S/C21H21F3N2O2S.ClH/c1-3-5-12-11(10-25-16(6-4-2)13(12)8-18(27)28)7-17-26-20-19(24)14(22)9-15(23)21(20)29-17;/h9-10H,3-8H2,1-2H3,(H,27,28);1H. The van der Waals surface area contributed by atoms with E-state index in [9.17, 15) is 23.1 Å². The van der Waals surface area contributed by atoms with Crippen LogP contribution in [-0.2, 0) is 30.5 Å². The van der Waals surface area contributed by atoms with Crippen molar-refractivity contribution in [2.45, 2.75) is 52.4 Å². The van der Waals surface area contributed by atoms with E-state index in [1.165, 1.54) is 0 Å². The van der Waals surface area contributed by atoms with Crippen molar-refractivity contribution < 1.29 is 23.1 Å². The van der Waals surface area contributed by atoms with Gasteiger partial charge < -0.3 is 5.11 Å². The number of thiazole rings is 1. The van der Waals surface area contributed by atoms with E-state index in [0.717, 1.165) is 41.0 Å². The number of carbonyl (C=O) groups is 1. The molecule has 2 aromatic heterocycles. The van der Waals surface area contributed by atoms with Crippen molar-refractivity contribution in [3.8, 4) is 0 Å². The fraction of sp³-hybridized carbons (Fsp3) is 0.381. The number of pyridine rings is 1. The lowest BCUT2D eigenvalue weighted by molar-refractivity contribution is -0.136. The summed E-state index contributed by atoms with van der Waals surface area (Å²) in [6, 6.07) is 0.522. The van der Waals surface area contributed by atoms with Gasteiger partial charge in [0.05, 0.1) is 16.1 Å². The number of aromatic nitrogens is 2. The Hall–Kier alpha value is -2.19. The zero-order chi connectivity index (χ0) is 21.1. The highest BCUT2D eigenvalue weighted by Crippen LogP contribution is 2.31. The van der Waals surface area contributed by atoms with Crippen LogP contribution in [0.2, 0.25) is 0 Å². The lowest BCUT2D eigenvalue weighted by atomic mass is 9.92. The Balaban J connectivity index is 0.00000320. The summed E-state index contributed by atoms with van der Waals surface area (Å²) in [6.45, 7) is 4.00. The first-order chi connectivity index (χ1) is 13.8. The summed E-state index contributed by atoms with van der Waals surface area (Å²) < 4.78 is 41.5. The van der Waals surface area contributed by atoms with Gasteiger partial charge in [0, 0.05) is 24.4 Å². The lowest BCUT2D eigenvalue weighted by Gasteiger charge is -2.16. The quantitative estimate of drug-likeness (QED) is 0.443. The largest absolute Gasteiger partial charge is 0.481 e. The van der Waals surface area contributed by atoms with Gasteiger partial charge in [0.2, 0.25) is 0 Å². The fourth-order valence-electron chi connectivity index (χ4n) is 3.47. The van der Waals surface area contributed by atoms with Crippen molar-refractivity contribution in [3.63, 3.8) is 0 Å². The van der Waals surface area contributed by atoms with E-state index < -0.39 is 23.4 Å². The third-order valence-electron chi connectivity index (χ3n) is 4.69. The highest BCUT2D eigenvalue weighted by molar-refractivity contribution is 7.18. The van der Waals surface area contributed by atoms with Gasteiger partial charge in [-0.05, 0) is 29.5 Å². The topological polar surface area (TPSA) is 63.1 Å². The molecule has 0 radical (unpaired) electrons. The average molecular weight is 459 g/mol. The Kier molecular flexibility index (Phi) is 8.20. The first kappa shape index (κ1) is 24.1. The number of carboxylic acid groups (broad SMARTS) is 1. The number of aliphatic carboxylic acids is 1. The molecule has 0 aliphatic rings. The second-order valence-corrected chi connectivity index (χ2v) is 7.96. The molecule has 0 aliphatic carbocycles. The number of fused-ring (bicyclic) bond motifs is 1. The van der Waals surface area contributed by atoms with E-state index >= 15 is 0 Å². The molecule has 0 bridgehead atoms. The maximum Gasteiger partial charge on any atom is 0.307 e. The molecule has 4 nitrogen and oxygen atoms in total. The number of hydrogen-bond donors (Lipinski definition) is 1. The van der Waals surface area contributed by atoms with Crippen LogP contribution >= 0.6 is 23.7 Å². The Morgan fingerprint density at radius 3 is 2.43 bits per heavy atom. The Bertz CT molecular complexity index is 1070. The Morgan fingerprint density at radius 1 is 1.10 bits per heavy atom. The van der Waals surface area contributed by atoms with Gasteiger partial charge in [-0.25, -0.2) is 18.2 Å². The summed E-state index contributed by atoms with van der Waals surface area (Å²) in [4.78, 5) is 20.0. The second kappa shape index (κ2) is 10.2. The van der Waals surface area contributed by atoms with Crippen molar-refractivity contribution in [2.24, 2.45) is 0 Å². The molecule has 3 aromatic rings. The van der Waals surface area contributed by atoms with E-state index in [1.54, 1.807) is 6.20 Å². The highest BCUT2D eigenvalue weighted by Gasteiger charge is 2.20. The van der Waals surface area contributed by atoms with E-state index in [4.69, 9.17) is 0 Å². The van der Waals surface area contributed by atoms with E-state index in [0.29, 0.717) is 29.5 Å². The minimum absolute atomic E-state index is 0. The van der Waals surface area contributed by atoms with Crippen LogP contribution in [0.3, 0.4) is 0 Å². The molecule has 1 N–H and O–H groups in total. The van der Waals surface area contributed by atoms with Gasteiger partial charge in [0.1, 0.15) is 11.3 Å². The molecule has 0 unspecified atom stereocenters. The van der Waals surface area contributed by atoms with Crippen molar-refractivity contribution in [3.05, 3.63) is 57.1 Å². The van der Waals surface area contributed by atoms with Crippen LogP contribution in [0.25, 0.3) is 10.2 Å². The van der Waals surface area contributed by atoms with Gasteiger partial charge >= 0.3 is 5.97 Å². The van der Waals surface area contributed by atoms with Crippen LogP contribution in [0.15, 0.2) is 12.3 Å². The molecule has 30 heavy (non-hydrogen) atoms. The molecule has 3 rings (SSSR count). The van der Waals surface area contributed by atoms with Crippen molar-refractivity contribution in [1.82, 2.24) is 9.97 Å². The second-order valence-electron chi connectivity index (χ2n) is 6.87. The van der Waals surface area contributed by atoms with Crippen LogP contribution in [0.5, 0.6) is 0 Å². The number of nitrogens with zero attached hydrogens (tertiary/aromatic N) is 2. The molecule has 0 atom stereocenters. The normalized spacial score (nSPS) is 11.0. The first-order valence-electron chi connectivity index (χ1n) is 9.48. The molecule has 0 saturated carbocycles. The molecule has 0 saturated heterocycles. The first-order valence-corrected chi connectivity index (χ1v) is 10.3. The summed E-state index contributed by atoms with van der Waals surface area (Å²) in [6.07, 6.45) is 4.81. The Morgan fingerprint density at radius 2 is 1.80 bits per heavy atom. The van der Waals surface area contributed by atoms with Gasteiger partial charge in [-0.15, -0.1) is 23.7 Å². The van der Waals surface area contributed by atoms with Crippen LogP contribution in [0, 0.1) is 17.5 Å².